The fourth-order valence-corrected chi connectivity index (χ4v) is 0.558. The quantitative estimate of drug-likeness (QED) is 0.507. The first-order valence-corrected chi connectivity index (χ1v) is 3.07. The van der Waals surface area contributed by atoms with E-state index in [0.29, 0.717) is 0 Å². The average Bonchev–Trinajstić information content (AvgIpc) is 1.81. The van der Waals surface area contributed by atoms with Crippen molar-refractivity contribution in [1.82, 2.24) is 0 Å². The molecular formula is C5H6Cl2N2O. The lowest BCUT2D eigenvalue weighted by atomic mass is 10.5. The molecule has 0 saturated heterocycles. The molecule has 0 saturated carbocycles. The summed E-state index contributed by atoms with van der Waals surface area (Å²) in [4.78, 5) is 0. The van der Waals surface area contributed by atoms with Crippen molar-refractivity contribution in [2.75, 3.05) is 7.11 Å². The second-order valence-electron chi connectivity index (χ2n) is 1.37. The molecule has 0 rings (SSSR count). The molecule has 2 N–H and O–H groups in total. The maximum absolute atomic E-state index is 6.86. The van der Waals surface area contributed by atoms with Gasteiger partial charge in [-0.2, -0.15) is 0 Å². The molecule has 0 atom stereocenters. The van der Waals surface area contributed by atoms with Gasteiger partial charge in [0, 0.05) is 6.08 Å². The van der Waals surface area contributed by atoms with Crippen molar-refractivity contribution >= 4 is 33.5 Å². The lowest BCUT2D eigenvalue weighted by molar-refractivity contribution is 0.316. The zero-order valence-electron chi connectivity index (χ0n) is 5.24. The van der Waals surface area contributed by atoms with Crippen molar-refractivity contribution < 1.29 is 4.74 Å². The summed E-state index contributed by atoms with van der Waals surface area (Å²) in [7, 11) is 1.35. The molecule has 0 spiro atoms. The number of ether oxygens (including phenoxy) is 1. The number of rotatable bonds is 3. The van der Waals surface area contributed by atoms with E-state index >= 15 is 0 Å². The van der Waals surface area contributed by atoms with Crippen LogP contribution in [-0.2, 0) is 4.74 Å². The summed E-state index contributed by atoms with van der Waals surface area (Å²) in [5, 5.41) is 13.1. The molecule has 0 unspecified atom stereocenters. The van der Waals surface area contributed by atoms with Crippen molar-refractivity contribution in [3.8, 4) is 0 Å². The van der Waals surface area contributed by atoms with E-state index in [4.69, 9.17) is 34.0 Å². The number of hydrogen-bond acceptors (Lipinski definition) is 3. The van der Waals surface area contributed by atoms with Crippen molar-refractivity contribution in [1.29, 1.82) is 10.8 Å². The smallest absolute Gasteiger partial charge is 0.163 e. The number of halogens is 2. The third-order valence-electron chi connectivity index (χ3n) is 0.694. The van der Waals surface area contributed by atoms with Crippen LogP contribution in [0.4, 0.5) is 0 Å². The molecule has 0 aromatic heterocycles. The first-order valence-electron chi connectivity index (χ1n) is 2.32. The fourth-order valence-electron chi connectivity index (χ4n) is 0.327. The van der Waals surface area contributed by atoms with Gasteiger partial charge in [-0.3, -0.25) is 10.8 Å². The molecule has 0 aliphatic carbocycles. The highest BCUT2D eigenvalue weighted by Gasteiger charge is 2.00. The molecule has 10 heavy (non-hydrogen) atoms. The summed E-state index contributed by atoms with van der Waals surface area (Å²) in [6.07, 6.45) is 1.15. The van der Waals surface area contributed by atoms with Crippen LogP contribution in [-0.4, -0.2) is 17.5 Å². The van der Waals surface area contributed by atoms with Gasteiger partial charge in [0.25, 0.3) is 0 Å². The van der Waals surface area contributed by atoms with E-state index in [1.54, 1.807) is 0 Å². The maximum Gasteiger partial charge on any atom is 0.163 e. The van der Waals surface area contributed by atoms with Gasteiger partial charge in [-0.25, -0.2) is 0 Å². The fraction of sp³-hybridized carbons (Fsp3) is 0.200. The summed E-state index contributed by atoms with van der Waals surface area (Å²) in [5.41, 5.74) is 0. The molecule has 0 aromatic rings. The summed E-state index contributed by atoms with van der Waals surface area (Å²) in [6.45, 7) is 0. The Bertz CT molecular complexity index is 188. The van der Waals surface area contributed by atoms with Gasteiger partial charge >= 0.3 is 0 Å². The SMILES string of the molecule is CO/C(=C/C(=N)Cl)C(=N)Cl. The number of allylic oxidation sites excluding steroid dienone is 2. The summed E-state index contributed by atoms with van der Waals surface area (Å²) in [6, 6.07) is 0. The molecule has 5 heteroatoms. The molecule has 0 aromatic carbocycles. The molecule has 0 aliphatic heterocycles. The number of nitrogens with one attached hydrogen (secondary N) is 2. The van der Waals surface area contributed by atoms with E-state index in [-0.39, 0.29) is 16.1 Å². The normalized spacial score (nSPS) is 10.9. The van der Waals surface area contributed by atoms with Crippen molar-refractivity contribution in [3.05, 3.63) is 11.8 Å². The molecule has 0 bridgehead atoms. The van der Waals surface area contributed by atoms with Crippen LogP contribution in [0, 0.1) is 10.8 Å². The number of hydrogen-bond donors (Lipinski definition) is 2. The maximum atomic E-state index is 6.86. The van der Waals surface area contributed by atoms with Crippen LogP contribution in [0.1, 0.15) is 0 Å². The van der Waals surface area contributed by atoms with Gasteiger partial charge in [-0.1, -0.05) is 23.2 Å². The highest BCUT2D eigenvalue weighted by Crippen LogP contribution is 2.02. The predicted molar refractivity (Wildman–Crippen MR) is 42.3 cm³/mol. The standard InChI is InChI=1S/C5H6Cl2N2O/c1-10-3(5(7)9)2-4(6)8/h2,8-9H,1H3/b3-2+,8-4?,9-5?. The Morgan fingerprint density at radius 3 is 2.00 bits per heavy atom. The van der Waals surface area contributed by atoms with Crippen LogP contribution in [0.2, 0.25) is 0 Å². The van der Waals surface area contributed by atoms with Gasteiger partial charge in [0.05, 0.1) is 7.11 Å². The van der Waals surface area contributed by atoms with Crippen LogP contribution >= 0.6 is 23.2 Å². The first kappa shape index (κ1) is 9.46. The summed E-state index contributed by atoms with van der Waals surface area (Å²) < 4.78 is 4.60. The summed E-state index contributed by atoms with van der Waals surface area (Å²) >= 11 is 10.4. The molecule has 0 radical (unpaired) electrons. The summed E-state index contributed by atoms with van der Waals surface area (Å²) in [5.74, 6) is 0.0849. The van der Waals surface area contributed by atoms with E-state index in [9.17, 15) is 0 Å². The van der Waals surface area contributed by atoms with E-state index < -0.39 is 0 Å². The topological polar surface area (TPSA) is 56.9 Å². The van der Waals surface area contributed by atoms with Gasteiger partial charge in [0.1, 0.15) is 5.17 Å². The van der Waals surface area contributed by atoms with Crippen LogP contribution < -0.4 is 0 Å². The Labute approximate surface area is 68.6 Å². The second-order valence-corrected chi connectivity index (χ2v) is 2.16. The molecule has 0 fully saturated rings. The largest absolute Gasteiger partial charge is 0.493 e. The van der Waals surface area contributed by atoms with Crippen LogP contribution in [0.15, 0.2) is 11.8 Å². The highest BCUT2D eigenvalue weighted by molar-refractivity contribution is 6.71. The average molecular weight is 181 g/mol. The third-order valence-corrected chi connectivity index (χ3v) is 0.989. The first-order chi connectivity index (χ1) is 4.57. The minimum Gasteiger partial charge on any atom is -0.493 e. The van der Waals surface area contributed by atoms with Crippen LogP contribution in [0.25, 0.3) is 0 Å². The van der Waals surface area contributed by atoms with E-state index in [2.05, 4.69) is 4.74 Å². The molecule has 56 valence electrons. The molecular weight excluding hydrogens is 175 g/mol. The Balaban J connectivity index is 4.34. The minimum atomic E-state index is -0.270. The van der Waals surface area contributed by atoms with Crippen LogP contribution in [0.5, 0.6) is 0 Å². The predicted octanol–water partition coefficient (Wildman–Crippen LogP) is 1.95. The second kappa shape index (κ2) is 4.30. The number of methoxy groups -OCH3 is 1. The minimum absolute atomic E-state index is 0.0849. The van der Waals surface area contributed by atoms with Gasteiger partial charge in [0.15, 0.2) is 10.9 Å². The van der Waals surface area contributed by atoms with Crippen molar-refractivity contribution in [2.45, 2.75) is 0 Å². The third kappa shape index (κ3) is 3.48. The Kier molecular flexibility index (Phi) is 4.07. The Morgan fingerprint density at radius 1 is 1.40 bits per heavy atom. The van der Waals surface area contributed by atoms with E-state index in [1.807, 2.05) is 0 Å². The van der Waals surface area contributed by atoms with Gasteiger partial charge in [-0.05, 0) is 0 Å². The lowest BCUT2D eigenvalue weighted by Gasteiger charge is -1.99. The lowest BCUT2D eigenvalue weighted by Crippen LogP contribution is -1.96. The van der Waals surface area contributed by atoms with Gasteiger partial charge < -0.3 is 4.74 Å². The Hall–Kier alpha value is -0.540. The zero-order chi connectivity index (χ0) is 8.15. The van der Waals surface area contributed by atoms with Gasteiger partial charge in [0.2, 0.25) is 0 Å². The van der Waals surface area contributed by atoms with Crippen molar-refractivity contribution in [2.24, 2.45) is 0 Å². The molecule has 0 aliphatic rings. The molecule has 0 amide bonds. The van der Waals surface area contributed by atoms with Crippen LogP contribution in [0.3, 0.4) is 0 Å². The van der Waals surface area contributed by atoms with E-state index in [1.165, 1.54) is 7.11 Å². The van der Waals surface area contributed by atoms with E-state index in [0.717, 1.165) is 6.08 Å². The Morgan fingerprint density at radius 2 is 1.90 bits per heavy atom. The monoisotopic (exact) mass is 180 g/mol. The molecule has 0 heterocycles. The highest BCUT2D eigenvalue weighted by atomic mass is 35.5. The molecule has 3 nitrogen and oxygen atoms in total. The van der Waals surface area contributed by atoms with Gasteiger partial charge in [-0.15, -0.1) is 0 Å². The van der Waals surface area contributed by atoms with Crippen molar-refractivity contribution in [3.63, 3.8) is 0 Å². The zero-order valence-corrected chi connectivity index (χ0v) is 6.75.